The summed E-state index contributed by atoms with van der Waals surface area (Å²) in [6.07, 6.45) is 0. The first-order valence-electron chi connectivity index (χ1n) is 6.95. The standard InChI is InChI=1S/C17H16N2O3S/c1-22-12-6-8-13(9-7-12)23(20,21)19-17-11-10-16(18)14-4-2-3-5-15(14)17/h2-11,19H,18H2,1H3. The third kappa shape index (κ3) is 2.93. The number of methoxy groups -OCH3 is 1. The summed E-state index contributed by atoms with van der Waals surface area (Å²) in [5, 5.41) is 1.56. The highest BCUT2D eigenvalue weighted by Crippen LogP contribution is 2.30. The molecule has 0 saturated heterocycles. The second-order valence-electron chi connectivity index (χ2n) is 5.03. The quantitative estimate of drug-likeness (QED) is 0.721. The van der Waals surface area contributed by atoms with Crippen molar-refractivity contribution in [3.8, 4) is 5.75 Å². The van der Waals surface area contributed by atoms with Gasteiger partial charge in [0, 0.05) is 16.5 Å². The van der Waals surface area contributed by atoms with E-state index in [0.717, 1.165) is 10.8 Å². The van der Waals surface area contributed by atoms with Crippen molar-refractivity contribution in [3.63, 3.8) is 0 Å². The van der Waals surface area contributed by atoms with Crippen molar-refractivity contribution in [1.82, 2.24) is 0 Å². The van der Waals surface area contributed by atoms with Crippen LogP contribution in [-0.2, 0) is 10.0 Å². The molecule has 118 valence electrons. The van der Waals surface area contributed by atoms with Gasteiger partial charge in [-0.15, -0.1) is 0 Å². The zero-order valence-corrected chi connectivity index (χ0v) is 13.3. The summed E-state index contributed by atoms with van der Waals surface area (Å²) >= 11 is 0. The van der Waals surface area contributed by atoms with Crippen molar-refractivity contribution in [2.45, 2.75) is 4.90 Å². The first-order valence-corrected chi connectivity index (χ1v) is 8.44. The van der Waals surface area contributed by atoms with Gasteiger partial charge in [0.1, 0.15) is 5.75 Å². The van der Waals surface area contributed by atoms with Gasteiger partial charge < -0.3 is 10.5 Å². The zero-order valence-electron chi connectivity index (χ0n) is 12.5. The number of fused-ring (bicyclic) bond motifs is 1. The van der Waals surface area contributed by atoms with E-state index in [1.54, 1.807) is 24.3 Å². The van der Waals surface area contributed by atoms with Crippen LogP contribution in [0.3, 0.4) is 0 Å². The second kappa shape index (κ2) is 5.81. The summed E-state index contributed by atoms with van der Waals surface area (Å²) in [6, 6.07) is 17.0. The lowest BCUT2D eigenvalue weighted by Crippen LogP contribution is -2.13. The van der Waals surface area contributed by atoms with Crippen molar-refractivity contribution in [2.24, 2.45) is 0 Å². The summed E-state index contributed by atoms with van der Waals surface area (Å²) in [4.78, 5) is 0.166. The Morgan fingerprint density at radius 1 is 0.913 bits per heavy atom. The van der Waals surface area contributed by atoms with Crippen LogP contribution in [0.25, 0.3) is 10.8 Å². The summed E-state index contributed by atoms with van der Waals surface area (Å²) in [6.45, 7) is 0. The van der Waals surface area contributed by atoms with Crippen molar-refractivity contribution in [1.29, 1.82) is 0 Å². The largest absolute Gasteiger partial charge is 0.497 e. The molecule has 0 aliphatic heterocycles. The molecule has 0 unspecified atom stereocenters. The summed E-state index contributed by atoms with van der Waals surface area (Å²) in [5.41, 5.74) is 7.04. The monoisotopic (exact) mass is 328 g/mol. The van der Waals surface area contributed by atoms with Crippen LogP contribution < -0.4 is 15.2 Å². The van der Waals surface area contributed by atoms with Gasteiger partial charge in [0.15, 0.2) is 0 Å². The number of ether oxygens (including phenoxy) is 1. The molecule has 3 aromatic rings. The minimum absolute atomic E-state index is 0.166. The Morgan fingerprint density at radius 3 is 2.22 bits per heavy atom. The van der Waals surface area contributed by atoms with Gasteiger partial charge in [-0.3, -0.25) is 4.72 Å². The fourth-order valence-corrected chi connectivity index (χ4v) is 3.45. The number of nitrogens with two attached hydrogens (primary N) is 1. The Bertz CT molecular complexity index is 951. The van der Waals surface area contributed by atoms with Crippen molar-refractivity contribution >= 4 is 32.2 Å². The van der Waals surface area contributed by atoms with Gasteiger partial charge in [-0.2, -0.15) is 0 Å². The van der Waals surface area contributed by atoms with E-state index in [2.05, 4.69) is 4.72 Å². The Hall–Kier alpha value is -2.73. The fraction of sp³-hybridized carbons (Fsp3) is 0.0588. The SMILES string of the molecule is COc1ccc(S(=O)(=O)Nc2ccc(N)c3ccccc23)cc1. The molecule has 3 rings (SSSR count). The maximum absolute atomic E-state index is 12.5. The van der Waals surface area contributed by atoms with Gasteiger partial charge in [0.2, 0.25) is 0 Å². The number of nitrogens with one attached hydrogen (secondary N) is 1. The van der Waals surface area contributed by atoms with E-state index >= 15 is 0 Å². The van der Waals surface area contributed by atoms with Crippen molar-refractivity contribution in [3.05, 3.63) is 60.7 Å². The molecule has 3 aromatic carbocycles. The highest BCUT2D eigenvalue weighted by molar-refractivity contribution is 7.92. The average molecular weight is 328 g/mol. The van der Waals surface area contributed by atoms with Crippen LogP contribution in [0.1, 0.15) is 0 Å². The molecule has 5 nitrogen and oxygen atoms in total. The number of hydrogen-bond donors (Lipinski definition) is 2. The number of nitrogen functional groups attached to an aromatic ring is 1. The van der Waals surface area contributed by atoms with Gasteiger partial charge in [-0.05, 0) is 36.4 Å². The lowest BCUT2D eigenvalue weighted by atomic mass is 10.1. The molecular formula is C17H16N2O3S. The molecule has 0 atom stereocenters. The van der Waals surface area contributed by atoms with Crippen LogP contribution in [0.2, 0.25) is 0 Å². The van der Waals surface area contributed by atoms with E-state index in [0.29, 0.717) is 17.1 Å². The van der Waals surface area contributed by atoms with E-state index in [-0.39, 0.29) is 4.90 Å². The number of hydrogen-bond acceptors (Lipinski definition) is 4. The fourth-order valence-electron chi connectivity index (χ4n) is 2.37. The molecule has 6 heteroatoms. The average Bonchev–Trinajstić information content (AvgIpc) is 2.58. The van der Waals surface area contributed by atoms with E-state index in [9.17, 15) is 8.42 Å². The first-order chi connectivity index (χ1) is 11.0. The number of anilines is 2. The van der Waals surface area contributed by atoms with Gasteiger partial charge in [-0.25, -0.2) is 8.42 Å². The molecule has 0 saturated carbocycles. The second-order valence-corrected chi connectivity index (χ2v) is 6.71. The van der Waals surface area contributed by atoms with Crippen LogP contribution in [0.15, 0.2) is 65.6 Å². The predicted molar refractivity (Wildman–Crippen MR) is 92.2 cm³/mol. The summed E-state index contributed by atoms with van der Waals surface area (Å²) in [5.74, 6) is 0.599. The Labute approximate surface area is 134 Å². The van der Waals surface area contributed by atoms with Gasteiger partial charge >= 0.3 is 0 Å². The van der Waals surface area contributed by atoms with Crippen LogP contribution in [0.4, 0.5) is 11.4 Å². The first kappa shape index (κ1) is 15.2. The Morgan fingerprint density at radius 2 is 1.57 bits per heavy atom. The van der Waals surface area contributed by atoms with Crippen LogP contribution in [0, 0.1) is 0 Å². The van der Waals surface area contributed by atoms with Gasteiger partial charge in [0.25, 0.3) is 10.0 Å². The molecule has 0 heterocycles. The predicted octanol–water partition coefficient (Wildman–Crippen LogP) is 3.23. The Balaban J connectivity index is 2.02. The number of rotatable bonds is 4. The smallest absolute Gasteiger partial charge is 0.261 e. The molecule has 0 fully saturated rings. The lowest BCUT2D eigenvalue weighted by molar-refractivity contribution is 0.414. The zero-order chi connectivity index (χ0) is 16.4. The highest BCUT2D eigenvalue weighted by atomic mass is 32.2. The highest BCUT2D eigenvalue weighted by Gasteiger charge is 2.16. The van der Waals surface area contributed by atoms with Gasteiger partial charge in [-0.1, -0.05) is 24.3 Å². The van der Waals surface area contributed by atoms with E-state index in [1.807, 2.05) is 24.3 Å². The molecule has 3 N–H and O–H groups in total. The molecule has 0 radical (unpaired) electrons. The van der Waals surface area contributed by atoms with E-state index in [1.165, 1.54) is 19.2 Å². The normalized spacial score (nSPS) is 11.3. The van der Waals surface area contributed by atoms with Crippen molar-refractivity contribution in [2.75, 3.05) is 17.6 Å². The lowest BCUT2D eigenvalue weighted by Gasteiger charge is -2.12. The molecule has 0 aromatic heterocycles. The summed E-state index contributed by atoms with van der Waals surface area (Å²) < 4.78 is 32.8. The number of benzene rings is 3. The molecule has 0 amide bonds. The topological polar surface area (TPSA) is 81.4 Å². The number of sulfonamides is 1. The van der Waals surface area contributed by atoms with E-state index in [4.69, 9.17) is 10.5 Å². The van der Waals surface area contributed by atoms with Crippen LogP contribution >= 0.6 is 0 Å². The molecule has 0 spiro atoms. The maximum atomic E-state index is 12.5. The van der Waals surface area contributed by atoms with Crippen molar-refractivity contribution < 1.29 is 13.2 Å². The van der Waals surface area contributed by atoms with Gasteiger partial charge in [0.05, 0.1) is 17.7 Å². The van der Waals surface area contributed by atoms with Crippen LogP contribution in [-0.4, -0.2) is 15.5 Å². The van der Waals surface area contributed by atoms with Crippen LogP contribution in [0.5, 0.6) is 5.75 Å². The molecule has 23 heavy (non-hydrogen) atoms. The minimum atomic E-state index is -3.69. The molecule has 0 aliphatic rings. The third-order valence-electron chi connectivity index (χ3n) is 3.57. The minimum Gasteiger partial charge on any atom is -0.497 e. The van der Waals surface area contributed by atoms with E-state index < -0.39 is 10.0 Å². The third-order valence-corrected chi connectivity index (χ3v) is 4.95. The molecule has 0 bridgehead atoms. The summed E-state index contributed by atoms with van der Waals surface area (Å²) in [7, 11) is -2.16. The Kier molecular flexibility index (Phi) is 3.83. The maximum Gasteiger partial charge on any atom is 0.261 e. The molecular weight excluding hydrogens is 312 g/mol. The molecule has 0 aliphatic carbocycles.